The standard InChI is InChI=1S/C25H37N5O6S/c1-4-14(2)21(30-22(32)17(26)13-31)24(34)29-20(23(33)28-19(25(35)36)9-10-37-3)11-15-12-27-18-8-6-5-7-16(15)18/h5-8,12,14,17,19-21,27,31H,4,9-11,13,26H2,1-3H3,(H,28,33)(H,29,34)(H,30,32)(H,35,36). The number of aromatic nitrogens is 1. The molecule has 8 N–H and O–H groups in total. The number of nitrogens with two attached hydrogens (primary N) is 1. The van der Waals surface area contributed by atoms with E-state index in [4.69, 9.17) is 5.73 Å². The van der Waals surface area contributed by atoms with Crippen LogP contribution >= 0.6 is 11.8 Å². The predicted molar refractivity (Wildman–Crippen MR) is 143 cm³/mol. The van der Waals surface area contributed by atoms with Gasteiger partial charge in [0, 0.05) is 23.5 Å². The van der Waals surface area contributed by atoms with Crippen molar-refractivity contribution in [3.63, 3.8) is 0 Å². The topological polar surface area (TPSA) is 187 Å². The number of para-hydroxylation sites is 1. The molecule has 5 unspecified atom stereocenters. The molecule has 0 radical (unpaired) electrons. The Morgan fingerprint density at radius 3 is 2.35 bits per heavy atom. The monoisotopic (exact) mass is 535 g/mol. The fourth-order valence-corrected chi connectivity index (χ4v) is 4.27. The first-order chi connectivity index (χ1) is 17.6. The number of rotatable bonds is 15. The molecule has 12 heteroatoms. The largest absolute Gasteiger partial charge is 0.480 e. The van der Waals surface area contributed by atoms with Crippen molar-refractivity contribution in [2.24, 2.45) is 11.7 Å². The van der Waals surface area contributed by atoms with Gasteiger partial charge in [0.05, 0.1) is 6.61 Å². The van der Waals surface area contributed by atoms with Crippen molar-refractivity contribution >= 4 is 46.4 Å². The number of H-pyrrole nitrogens is 1. The molecule has 11 nitrogen and oxygen atoms in total. The number of benzene rings is 1. The molecule has 204 valence electrons. The van der Waals surface area contributed by atoms with Crippen molar-refractivity contribution in [1.82, 2.24) is 20.9 Å². The molecule has 1 heterocycles. The van der Waals surface area contributed by atoms with Gasteiger partial charge in [-0.3, -0.25) is 14.4 Å². The lowest BCUT2D eigenvalue weighted by Crippen LogP contribution is -2.59. The second kappa shape index (κ2) is 14.6. The Labute approximate surface area is 220 Å². The Kier molecular flexibility index (Phi) is 11.9. The molecule has 37 heavy (non-hydrogen) atoms. The van der Waals surface area contributed by atoms with Crippen LogP contribution in [0.2, 0.25) is 0 Å². The van der Waals surface area contributed by atoms with E-state index in [1.807, 2.05) is 37.4 Å². The van der Waals surface area contributed by atoms with Crippen LogP contribution in [-0.2, 0) is 25.6 Å². The van der Waals surface area contributed by atoms with Gasteiger partial charge in [-0.25, -0.2) is 4.79 Å². The highest BCUT2D eigenvalue weighted by atomic mass is 32.2. The molecule has 1 aromatic heterocycles. The number of hydrogen-bond acceptors (Lipinski definition) is 7. The minimum Gasteiger partial charge on any atom is -0.480 e. The van der Waals surface area contributed by atoms with E-state index in [1.165, 1.54) is 11.8 Å². The summed E-state index contributed by atoms with van der Waals surface area (Å²) in [7, 11) is 0. The number of aliphatic hydroxyl groups is 1. The van der Waals surface area contributed by atoms with Gasteiger partial charge < -0.3 is 36.9 Å². The Hall–Kier alpha value is -3.09. The molecule has 0 saturated heterocycles. The van der Waals surface area contributed by atoms with Gasteiger partial charge in [-0.2, -0.15) is 11.8 Å². The molecule has 0 fully saturated rings. The summed E-state index contributed by atoms with van der Waals surface area (Å²) < 4.78 is 0. The third-order valence-corrected chi connectivity index (χ3v) is 6.93. The van der Waals surface area contributed by atoms with Crippen molar-refractivity contribution in [1.29, 1.82) is 0 Å². The van der Waals surface area contributed by atoms with Crippen LogP contribution in [-0.4, -0.2) is 81.7 Å². The summed E-state index contributed by atoms with van der Waals surface area (Å²) in [6.45, 7) is 3.04. The zero-order valence-corrected chi connectivity index (χ0v) is 22.1. The Balaban J connectivity index is 2.33. The zero-order chi connectivity index (χ0) is 27.5. The van der Waals surface area contributed by atoms with Crippen LogP contribution in [0, 0.1) is 5.92 Å². The van der Waals surface area contributed by atoms with Gasteiger partial charge in [0.25, 0.3) is 0 Å². The van der Waals surface area contributed by atoms with Crippen LogP contribution in [0.3, 0.4) is 0 Å². The number of amides is 3. The van der Waals surface area contributed by atoms with E-state index >= 15 is 0 Å². The Morgan fingerprint density at radius 2 is 1.73 bits per heavy atom. The Morgan fingerprint density at radius 1 is 1.05 bits per heavy atom. The number of thioether (sulfide) groups is 1. The second-order valence-corrected chi connectivity index (χ2v) is 9.95. The summed E-state index contributed by atoms with van der Waals surface area (Å²) in [4.78, 5) is 53.9. The van der Waals surface area contributed by atoms with Gasteiger partial charge in [-0.15, -0.1) is 0 Å². The quantitative estimate of drug-likeness (QED) is 0.170. The maximum atomic E-state index is 13.4. The van der Waals surface area contributed by atoms with Gasteiger partial charge in [0.15, 0.2) is 0 Å². The van der Waals surface area contributed by atoms with Crippen LogP contribution in [0.4, 0.5) is 0 Å². The van der Waals surface area contributed by atoms with Crippen molar-refractivity contribution < 1.29 is 29.4 Å². The number of aliphatic hydroxyl groups excluding tert-OH is 1. The number of fused-ring (bicyclic) bond motifs is 1. The van der Waals surface area contributed by atoms with E-state index in [9.17, 15) is 29.4 Å². The highest BCUT2D eigenvalue weighted by molar-refractivity contribution is 7.98. The van der Waals surface area contributed by atoms with Crippen LogP contribution in [0.15, 0.2) is 30.5 Å². The maximum absolute atomic E-state index is 13.4. The molecule has 2 rings (SSSR count). The van der Waals surface area contributed by atoms with Crippen LogP contribution in [0.5, 0.6) is 0 Å². The van der Waals surface area contributed by atoms with Gasteiger partial charge in [-0.05, 0) is 36.0 Å². The highest BCUT2D eigenvalue weighted by Gasteiger charge is 2.32. The molecule has 3 amide bonds. The normalized spacial score (nSPS) is 15.3. The summed E-state index contributed by atoms with van der Waals surface area (Å²) in [5.41, 5.74) is 7.22. The molecule has 0 aliphatic rings. The average Bonchev–Trinajstić information content (AvgIpc) is 3.30. The third-order valence-electron chi connectivity index (χ3n) is 6.28. The smallest absolute Gasteiger partial charge is 0.326 e. The van der Waals surface area contributed by atoms with E-state index in [-0.39, 0.29) is 18.8 Å². The molecule has 0 bridgehead atoms. The number of carboxylic acids is 1. The molecule has 1 aromatic carbocycles. The Bertz CT molecular complexity index is 1080. The number of carboxylic acid groups (broad SMARTS) is 1. The summed E-state index contributed by atoms with van der Waals surface area (Å²) in [6, 6.07) is 3.05. The summed E-state index contributed by atoms with van der Waals surface area (Å²) in [6.07, 6.45) is 4.44. The first-order valence-corrected chi connectivity index (χ1v) is 13.6. The van der Waals surface area contributed by atoms with Gasteiger partial charge in [-0.1, -0.05) is 38.5 Å². The predicted octanol–water partition coefficient (Wildman–Crippen LogP) is 0.368. The zero-order valence-electron chi connectivity index (χ0n) is 21.3. The molecule has 5 atom stereocenters. The number of nitrogens with one attached hydrogen (secondary N) is 4. The molecule has 0 aliphatic heterocycles. The SMILES string of the molecule is CCC(C)C(NC(=O)C(N)CO)C(=O)NC(Cc1c[nH]c2ccccc12)C(=O)NC(CCSC)C(=O)O. The fourth-order valence-electron chi connectivity index (χ4n) is 3.80. The van der Waals surface area contributed by atoms with Gasteiger partial charge in [0.1, 0.15) is 24.2 Å². The van der Waals surface area contributed by atoms with Crippen molar-refractivity contribution in [3.05, 3.63) is 36.0 Å². The van der Waals surface area contributed by atoms with Gasteiger partial charge in [0.2, 0.25) is 17.7 Å². The highest BCUT2D eigenvalue weighted by Crippen LogP contribution is 2.20. The summed E-state index contributed by atoms with van der Waals surface area (Å²) >= 11 is 1.46. The van der Waals surface area contributed by atoms with Crippen molar-refractivity contribution in [2.75, 3.05) is 18.6 Å². The molecular formula is C25H37N5O6S. The number of hydrogen-bond donors (Lipinski definition) is 7. The second-order valence-electron chi connectivity index (χ2n) is 8.97. The number of carbonyl (C=O) groups excluding carboxylic acids is 3. The summed E-state index contributed by atoms with van der Waals surface area (Å²) in [5, 5.41) is 27.5. The minimum atomic E-state index is -1.20. The van der Waals surface area contributed by atoms with E-state index < -0.39 is 54.5 Å². The lowest BCUT2D eigenvalue weighted by atomic mass is 9.96. The van der Waals surface area contributed by atoms with E-state index in [1.54, 1.807) is 13.1 Å². The first kappa shape index (κ1) is 30.1. The lowest BCUT2D eigenvalue weighted by Gasteiger charge is -2.28. The molecule has 2 aromatic rings. The molecule has 0 saturated carbocycles. The van der Waals surface area contributed by atoms with E-state index in [0.29, 0.717) is 12.2 Å². The van der Waals surface area contributed by atoms with Crippen molar-refractivity contribution in [3.8, 4) is 0 Å². The maximum Gasteiger partial charge on any atom is 0.326 e. The van der Waals surface area contributed by atoms with Crippen LogP contribution < -0.4 is 21.7 Å². The van der Waals surface area contributed by atoms with Crippen LogP contribution in [0.25, 0.3) is 10.9 Å². The number of aromatic amines is 1. The third kappa shape index (κ3) is 8.48. The van der Waals surface area contributed by atoms with Crippen LogP contribution in [0.1, 0.15) is 32.3 Å². The fraction of sp³-hybridized carbons (Fsp3) is 0.520. The molecular weight excluding hydrogens is 498 g/mol. The molecule has 0 spiro atoms. The molecule has 0 aliphatic carbocycles. The number of carbonyl (C=O) groups is 4. The number of aliphatic carboxylic acids is 1. The average molecular weight is 536 g/mol. The lowest BCUT2D eigenvalue weighted by molar-refractivity contribution is -0.142. The first-order valence-electron chi connectivity index (χ1n) is 12.2. The van der Waals surface area contributed by atoms with Crippen molar-refractivity contribution in [2.45, 2.75) is 57.3 Å². The van der Waals surface area contributed by atoms with E-state index in [0.717, 1.165) is 16.5 Å². The van der Waals surface area contributed by atoms with Gasteiger partial charge >= 0.3 is 5.97 Å². The summed E-state index contributed by atoms with van der Waals surface area (Å²) in [5.74, 6) is -2.88. The minimum absolute atomic E-state index is 0.0911. The van der Waals surface area contributed by atoms with E-state index in [2.05, 4.69) is 20.9 Å².